The van der Waals surface area contributed by atoms with E-state index in [4.69, 9.17) is 4.74 Å². The number of halogens is 1. The Bertz CT molecular complexity index is 1040. The molecule has 1 saturated heterocycles. The number of nitrogens with zero attached hydrogens (tertiary/aromatic N) is 1. The Labute approximate surface area is 204 Å². The zero-order chi connectivity index (χ0) is 22.2. The van der Waals surface area contributed by atoms with E-state index in [-0.39, 0.29) is 5.91 Å². The van der Waals surface area contributed by atoms with Gasteiger partial charge in [0.15, 0.2) is 0 Å². The van der Waals surface area contributed by atoms with Gasteiger partial charge in [0.05, 0.1) is 6.54 Å². The summed E-state index contributed by atoms with van der Waals surface area (Å²) >= 11 is 2.34. The van der Waals surface area contributed by atoms with E-state index >= 15 is 0 Å². The molecule has 4 rings (SSSR count). The van der Waals surface area contributed by atoms with Gasteiger partial charge in [0.2, 0.25) is 5.91 Å². The Morgan fingerprint density at radius 1 is 0.938 bits per heavy atom. The number of carbonyl (C=O) groups is 1. The second-order valence-corrected chi connectivity index (χ2v) is 9.33. The molecule has 4 heteroatoms. The van der Waals surface area contributed by atoms with Gasteiger partial charge in [-0.25, -0.2) is 0 Å². The van der Waals surface area contributed by atoms with Crippen LogP contribution in [0.1, 0.15) is 29.5 Å². The number of ether oxygens (including phenoxy) is 1. The van der Waals surface area contributed by atoms with Gasteiger partial charge >= 0.3 is 0 Å². The van der Waals surface area contributed by atoms with Crippen molar-refractivity contribution in [2.45, 2.75) is 25.7 Å². The van der Waals surface area contributed by atoms with Crippen LogP contribution in [0.25, 0.3) is 5.57 Å². The molecule has 32 heavy (non-hydrogen) atoms. The minimum Gasteiger partial charge on any atom is -0.492 e. The average Bonchev–Trinajstić information content (AvgIpc) is 3.24. The van der Waals surface area contributed by atoms with Crippen molar-refractivity contribution >= 4 is 34.1 Å². The molecule has 164 valence electrons. The topological polar surface area (TPSA) is 29.5 Å². The summed E-state index contributed by atoms with van der Waals surface area (Å²) in [5.41, 5.74) is 5.16. The van der Waals surface area contributed by atoms with Crippen molar-refractivity contribution in [1.29, 1.82) is 0 Å². The molecule has 3 aromatic carbocycles. The first-order valence-electron chi connectivity index (χ1n) is 11.2. The molecule has 0 aliphatic carbocycles. The Balaban J connectivity index is 1.39. The van der Waals surface area contributed by atoms with Gasteiger partial charge in [-0.15, -0.1) is 0 Å². The van der Waals surface area contributed by atoms with Crippen LogP contribution >= 0.6 is 22.6 Å². The highest BCUT2D eigenvalue weighted by atomic mass is 127. The SMILES string of the molecule is O=C1CCCN1CCOc1ccc(C/C(=C/Cc2ccc(I)cc2)c2ccccc2)cc1. The lowest BCUT2D eigenvalue weighted by Crippen LogP contribution is -2.29. The van der Waals surface area contributed by atoms with Crippen molar-refractivity contribution in [1.82, 2.24) is 4.90 Å². The highest BCUT2D eigenvalue weighted by Gasteiger charge is 2.19. The molecule has 3 nitrogen and oxygen atoms in total. The van der Waals surface area contributed by atoms with Crippen molar-refractivity contribution in [2.24, 2.45) is 0 Å². The molecule has 3 aromatic rings. The second-order valence-electron chi connectivity index (χ2n) is 8.08. The molecule has 1 heterocycles. The maximum atomic E-state index is 11.7. The van der Waals surface area contributed by atoms with Crippen LogP contribution < -0.4 is 4.74 Å². The van der Waals surface area contributed by atoms with Crippen LogP contribution in [-0.2, 0) is 17.6 Å². The fourth-order valence-electron chi connectivity index (χ4n) is 3.94. The maximum absolute atomic E-state index is 11.7. The number of hydrogen-bond acceptors (Lipinski definition) is 2. The largest absolute Gasteiger partial charge is 0.492 e. The molecular weight excluding hydrogens is 509 g/mol. The molecule has 0 atom stereocenters. The van der Waals surface area contributed by atoms with E-state index in [0.29, 0.717) is 19.6 Å². The fourth-order valence-corrected chi connectivity index (χ4v) is 4.30. The zero-order valence-electron chi connectivity index (χ0n) is 18.2. The number of rotatable bonds is 9. The van der Waals surface area contributed by atoms with Gasteiger partial charge in [0.25, 0.3) is 0 Å². The highest BCUT2D eigenvalue weighted by molar-refractivity contribution is 14.1. The monoisotopic (exact) mass is 537 g/mol. The number of benzene rings is 3. The summed E-state index contributed by atoms with van der Waals surface area (Å²) in [4.78, 5) is 13.6. The van der Waals surface area contributed by atoms with Crippen molar-refractivity contribution in [2.75, 3.05) is 19.7 Å². The Kier molecular flexibility index (Phi) is 7.99. The van der Waals surface area contributed by atoms with Gasteiger partial charge in [-0.3, -0.25) is 4.79 Å². The number of carbonyl (C=O) groups excluding carboxylic acids is 1. The lowest BCUT2D eigenvalue weighted by Gasteiger charge is -2.16. The van der Waals surface area contributed by atoms with Crippen LogP contribution in [-0.4, -0.2) is 30.5 Å². The molecule has 1 aliphatic rings. The lowest BCUT2D eigenvalue weighted by molar-refractivity contribution is -0.128. The molecule has 0 aromatic heterocycles. The summed E-state index contributed by atoms with van der Waals surface area (Å²) in [5.74, 6) is 1.10. The van der Waals surface area contributed by atoms with E-state index in [9.17, 15) is 4.79 Å². The molecule has 0 bridgehead atoms. The molecule has 1 amide bonds. The fraction of sp³-hybridized carbons (Fsp3) is 0.250. The Hall–Kier alpha value is -2.60. The maximum Gasteiger partial charge on any atom is 0.222 e. The van der Waals surface area contributed by atoms with Gasteiger partial charge < -0.3 is 9.64 Å². The smallest absolute Gasteiger partial charge is 0.222 e. The van der Waals surface area contributed by atoms with E-state index in [1.807, 2.05) is 17.0 Å². The quantitative estimate of drug-likeness (QED) is 0.306. The molecule has 0 unspecified atom stereocenters. The zero-order valence-corrected chi connectivity index (χ0v) is 20.3. The summed E-state index contributed by atoms with van der Waals surface area (Å²) < 4.78 is 7.12. The van der Waals surface area contributed by atoms with Gasteiger partial charge in [0, 0.05) is 16.5 Å². The summed E-state index contributed by atoms with van der Waals surface area (Å²) in [6.07, 6.45) is 5.77. The summed E-state index contributed by atoms with van der Waals surface area (Å²) in [6.45, 7) is 2.06. The van der Waals surface area contributed by atoms with Crippen LogP contribution in [0.5, 0.6) is 5.75 Å². The third-order valence-electron chi connectivity index (χ3n) is 5.76. The van der Waals surface area contributed by atoms with Crippen molar-refractivity contribution in [3.63, 3.8) is 0 Å². The minimum absolute atomic E-state index is 0.245. The lowest BCUT2D eigenvalue weighted by atomic mass is 9.96. The summed E-state index contributed by atoms with van der Waals surface area (Å²) in [6, 6.07) is 27.6. The van der Waals surface area contributed by atoms with Gasteiger partial charge in [-0.1, -0.05) is 60.7 Å². The number of amides is 1. The normalized spacial score (nSPS) is 14.1. The van der Waals surface area contributed by atoms with Crippen LogP contribution in [0.3, 0.4) is 0 Å². The van der Waals surface area contributed by atoms with E-state index in [1.54, 1.807) is 0 Å². The number of likely N-dealkylation sites (tertiary alicyclic amines) is 1. The molecule has 1 aliphatic heterocycles. The average molecular weight is 537 g/mol. The van der Waals surface area contributed by atoms with Crippen molar-refractivity contribution < 1.29 is 9.53 Å². The van der Waals surface area contributed by atoms with Gasteiger partial charge in [-0.05, 0) is 88.4 Å². The Morgan fingerprint density at radius 3 is 2.34 bits per heavy atom. The van der Waals surface area contributed by atoms with Crippen LogP contribution in [0.2, 0.25) is 0 Å². The standard InChI is InChI=1S/C28H28INO2/c29-26-14-9-22(10-15-26)8-13-25(24-5-2-1-3-6-24)21-23-11-16-27(17-12-23)32-20-19-30-18-4-7-28(30)31/h1-3,5-6,9-17H,4,7-8,18-21H2/b25-13-. The molecule has 0 radical (unpaired) electrons. The van der Waals surface area contributed by atoms with E-state index in [1.165, 1.54) is 25.8 Å². The van der Waals surface area contributed by atoms with Crippen molar-refractivity contribution in [3.05, 3.63) is 105 Å². The predicted molar refractivity (Wildman–Crippen MR) is 139 cm³/mol. The third kappa shape index (κ3) is 6.45. The first kappa shape index (κ1) is 22.6. The van der Waals surface area contributed by atoms with Gasteiger partial charge in [-0.2, -0.15) is 0 Å². The first-order chi connectivity index (χ1) is 15.7. The molecular formula is C28H28INO2. The van der Waals surface area contributed by atoms with Gasteiger partial charge in [0.1, 0.15) is 12.4 Å². The first-order valence-corrected chi connectivity index (χ1v) is 12.2. The van der Waals surface area contributed by atoms with E-state index in [0.717, 1.165) is 31.6 Å². The van der Waals surface area contributed by atoms with Crippen LogP contribution in [0.4, 0.5) is 0 Å². The summed E-state index contributed by atoms with van der Waals surface area (Å²) in [5, 5.41) is 0. The van der Waals surface area contributed by atoms with Crippen LogP contribution in [0.15, 0.2) is 84.9 Å². The number of hydrogen-bond donors (Lipinski definition) is 0. The van der Waals surface area contributed by atoms with Crippen LogP contribution in [0, 0.1) is 3.57 Å². The van der Waals surface area contributed by atoms with E-state index < -0.39 is 0 Å². The van der Waals surface area contributed by atoms with E-state index in [2.05, 4.69) is 95.4 Å². The second kappa shape index (κ2) is 11.3. The minimum atomic E-state index is 0.245. The predicted octanol–water partition coefficient (Wildman–Crippen LogP) is 6.16. The third-order valence-corrected chi connectivity index (χ3v) is 6.48. The van der Waals surface area contributed by atoms with Crippen molar-refractivity contribution in [3.8, 4) is 5.75 Å². The molecule has 0 spiro atoms. The molecule has 1 fully saturated rings. The summed E-state index contributed by atoms with van der Waals surface area (Å²) in [7, 11) is 0. The molecule has 0 saturated carbocycles. The Morgan fingerprint density at radius 2 is 1.66 bits per heavy atom. The number of allylic oxidation sites excluding steroid dienone is 2. The highest BCUT2D eigenvalue weighted by Crippen LogP contribution is 2.23. The molecule has 0 N–H and O–H groups in total.